The molecule has 3 rings (SSSR count). The summed E-state index contributed by atoms with van der Waals surface area (Å²) >= 11 is 0. The smallest absolute Gasteiger partial charge is 0.347 e. The van der Waals surface area contributed by atoms with Gasteiger partial charge in [0.15, 0.2) is 5.69 Å². The molecule has 1 amide bonds. The van der Waals surface area contributed by atoms with Gasteiger partial charge in [0.05, 0.1) is 5.56 Å². The van der Waals surface area contributed by atoms with Gasteiger partial charge in [-0.1, -0.05) is 6.92 Å². The van der Waals surface area contributed by atoms with Crippen LogP contribution in [0.4, 0.5) is 13.2 Å². The van der Waals surface area contributed by atoms with E-state index in [-0.39, 0.29) is 6.04 Å². The number of hydrogen-bond acceptors (Lipinski definition) is 4. The van der Waals surface area contributed by atoms with Crippen LogP contribution in [-0.2, 0) is 32.6 Å². The molecule has 130 valence electrons. The molecule has 0 aromatic carbocycles. The van der Waals surface area contributed by atoms with Crippen molar-refractivity contribution in [3.05, 3.63) is 29.1 Å². The van der Waals surface area contributed by atoms with Gasteiger partial charge in [0.2, 0.25) is 0 Å². The first kappa shape index (κ1) is 16.5. The van der Waals surface area contributed by atoms with E-state index in [2.05, 4.69) is 20.6 Å². The zero-order valence-corrected chi connectivity index (χ0v) is 13.3. The highest BCUT2D eigenvalue weighted by Crippen LogP contribution is 2.30. The maximum atomic E-state index is 13.0. The van der Waals surface area contributed by atoms with Gasteiger partial charge in [-0.25, -0.2) is 0 Å². The number of carbonyl (C=O) groups is 1. The minimum Gasteiger partial charge on any atom is -0.347 e. The molecule has 2 aromatic heterocycles. The molecule has 7 nitrogen and oxygen atoms in total. The fraction of sp³-hybridized carbons (Fsp3) is 0.571. The minimum absolute atomic E-state index is 0.271. The Morgan fingerprint density at radius 1 is 1.42 bits per heavy atom. The Labute approximate surface area is 135 Å². The second-order valence-electron chi connectivity index (χ2n) is 5.77. The van der Waals surface area contributed by atoms with Crippen molar-refractivity contribution in [2.45, 2.75) is 44.9 Å². The number of halogens is 3. The predicted octanol–water partition coefficient (Wildman–Crippen LogP) is 1.34. The van der Waals surface area contributed by atoms with Gasteiger partial charge in [-0.15, -0.1) is 10.2 Å². The first-order valence-electron chi connectivity index (χ1n) is 7.62. The molecule has 0 spiro atoms. The average Bonchev–Trinajstić information content (AvgIpc) is 3.09. The number of nitrogens with zero attached hydrogens (tertiary/aromatic N) is 5. The van der Waals surface area contributed by atoms with E-state index in [0.29, 0.717) is 25.8 Å². The maximum Gasteiger partial charge on any atom is 0.435 e. The summed E-state index contributed by atoms with van der Waals surface area (Å²) in [6.07, 6.45) is -1.65. The molecular formula is C14H17F3N6O. The summed E-state index contributed by atoms with van der Waals surface area (Å²) < 4.78 is 41.8. The van der Waals surface area contributed by atoms with Gasteiger partial charge >= 0.3 is 6.18 Å². The number of nitrogens with one attached hydrogen (secondary N) is 1. The Kier molecular flexibility index (Phi) is 4.06. The lowest BCUT2D eigenvalue weighted by Gasteiger charge is -2.25. The van der Waals surface area contributed by atoms with E-state index in [1.165, 1.54) is 7.05 Å². The van der Waals surface area contributed by atoms with Gasteiger partial charge < -0.3 is 9.88 Å². The summed E-state index contributed by atoms with van der Waals surface area (Å²) in [5.74, 6) is 0.881. The number of carbonyl (C=O) groups excluding carboxylic acids is 1. The highest BCUT2D eigenvalue weighted by molar-refractivity contribution is 5.95. The van der Waals surface area contributed by atoms with Crippen molar-refractivity contribution in [2.24, 2.45) is 7.05 Å². The van der Waals surface area contributed by atoms with Crippen molar-refractivity contribution in [1.82, 2.24) is 29.9 Å². The normalized spacial score (nSPS) is 17.6. The van der Waals surface area contributed by atoms with Crippen LogP contribution in [0.2, 0.25) is 0 Å². The number of hydrogen-bond donors (Lipinski definition) is 1. The molecule has 1 aliphatic heterocycles. The van der Waals surface area contributed by atoms with Crippen LogP contribution in [0.1, 0.15) is 41.0 Å². The maximum absolute atomic E-state index is 13.0. The topological polar surface area (TPSA) is 77.6 Å². The van der Waals surface area contributed by atoms with Crippen molar-refractivity contribution < 1.29 is 18.0 Å². The van der Waals surface area contributed by atoms with Crippen LogP contribution in [-0.4, -0.2) is 36.5 Å². The molecule has 0 saturated heterocycles. The standard InChI is InChI=1S/C14H17F3N6O/c1-3-10-19-20-11-5-4-8(6-23(10)11)18-13(24)9-7-22(2)21-12(9)14(15,16)17/h7-8H,3-6H2,1-2H3,(H,18,24). The van der Waals surface area contributed by atoms with Crippen LogP contribution in [0.5, 0.6) is 0 Å². The van der Waals surface area contributed by atoms with Crippen molar-refractivity contribution in [3.8, 4) is 0 Å². The molecule has 1 aliphatic rings. The lowest BCUT2D eigenvalue weighted by atomic mass is 10.1. The van der Waals surface area contributed by atoms with E-state index >= 15 is 0 Å². The van der Waals surface area contributed by atoms with Crippen LogP contribution >= 0.6 is 0 Å². The Balaban J connectivity index is 1.77. The molecule has 2 aromatic rings. The zero-order valence-electron chi connectivity index (χ0n) is 13.3. The third-order valence-electron chi connectivity index (χ3n) is 4.02. The van der Waals surface area contributed by atoms with Gasteiger partial charge in [-0.2, -0.15) is 18.3 Å². The number of aromatic nitrogens is 5. The summed E-state index contributed by atoms with van der Waals surface area (Å²) in [6, 6.07) is -0.271. The van der Waals surface area contributed by atoms with Crippen molar-refractivity contribution >= 4 is 5.91 Å². The van der Waals surface area contributed by atoms with E-state index in [0.717, 1.165) is 22.5 Å². The van der Waals surface area contributed by atoms with Crippen LogP contribution < -0.4 is 5.32 Å². The predicted molar refractivity (Wildman–Crippen MR) is 77.2 cm³/mol. The summed E-state index contributed by atoms with van der Waals surface area (Å²) in [5.41, 5.74) is -1.63. The highest BCUT2D eigenvalue weighted by atomic mass is 19.4. The van der Waals surface area contributed by atoms with Crippen molar-refractivity contribution in [1.29, 1.82) is 0 Å². The first-order valence-corrected chi connectivity index (χ1v) is 7.62. The van der Waals surface area contributed by atoms with Gasteiger partial charge in [0, 0.05) is 38.7 Å². The van der Waals surface area contributed by atoms with Gasteiger partial charge in [0.1, 0.15) is 11.6 Å². The Morgan fingerprint density at radius 2 is 2.17 bits per heavy atom. The molecule has 0 fully saturated rings. The van der Waals surface area contributed by atoms with Crippen LogP contribution in [0, 0.1) is 0 Å². The Bertz CT molecular complexity index is 750. The molecule has 1 N–H and O–H groups in total. The molecule has 3 heterocycles. The van der Waals surface area contributed by atoms with E-state index in [4.69, 9.17) is 0 Å². The quantitative estimate of drug-likeness (QED) is 0.913. The fourth-order valence-electron chi connectivity index (χ4n) is 2.89. The molecule has 0 aliphatic carbocycles. The molecule has 0 radical (unpaired) electrons. The number of amides is 1. The van der Waals surface area contributed by atoms with Crippen molar-refractivity contribution in [3.63, 3.8) is 0 Å². The number of aryl methyl sites for hydroxylation is 3. The second kappa shape index (κ2) is 5.91. The van der Waals surface area contributed by atoms with Crippen molar-refractivity contribution in [2.75, 3.05) is 0 Å². The van der Waals surface area contributed by atoms with Gasteiger partial charge in [-0.3, -0.25) is 9.48 Å². The molecule has 0 bridgehead atoms. The largest absolute Gasteiger partial charge is 0.435 e. The minimum atomic E-state index is -4.67. The lowest BCUT2D eigenvalue weighted by Crippen LogP contribution is -2.41. The lowest BCUT2D eigenvalue weighted by molar-refractivity contribution is -0.141. The van der Waals surface area contributed by atoms with E-state index in [1.807, 2.05) is 11.5 Å². The number of fused-ring (bicyclic) bond motifs is 1. The number of rotatable bonds is 3. The van der Waals surface area contributed by atoms with Crippen LogP contribution in [0.25, 0.3) is 0 Å². The molecular weight excluding hydrogens is 325 g/mol. The monoisotopic (exact) mass is 342 g/mol. The highest BCUT2D eigenvalue weighted by Gasteiger charge is 2.39. The SMILES string of the molecule is CCc1nnc2n1CC(NC(=O)c1cn(C)nc1C(F)(F)F)CC2. The molecule has 1 unspecified atom stereocenters. The van der Waals surface area contributed by atoms with Crippen LogP contribution in [0.3, 0.4) is 0 Å². The molecule has 0 saturated carbocycles. The average molecular weight is 342 g/mol. The fourth-order valence-corrected chi connectivity index (χ4v) is 2.89. The summed E-state index contributed by atoms with van der Waals surface area (Å²) in [4.78, 5) is 12.3. The van der Waals surface area contributed by atoms with E-state index < -0.39 is 23.3 Å². The molecule has 10 heteroatoms. The third-order valence-corrected chi connectivity index (χ3v) is 4.02. The van der Waals surface area contributed by atoms with Crippen LogP contribution in [0.15, 0.2) is 6.20 Å². The third kappa shape index (κ3) is 3.00. The molecule has 1 atom stereocenters. The Hall–Kier alpha value is -2.39. The summed E-state index contributed by atoms with van der Waals surface area (Å²) in [5, 5.41) is 14.2. The first-order chi connectivity index (χ1) is 11.3. The second-order valence-corrected chi connectivity index (χ2v) is 5.77. The molecule has 24 heavy (non-hydrogen) atoms. The zero-order chi connectivity index (χ0) is 17.5. The Morgan fingerprint density at radius 3 is 2.83 bits per heavy atom. The van der Waals surface area contributed by atoms with Gasteiger partial charge in [-0.05, 0) is 6.42 Å². The number of alkyl halides is 3. The summed E-state index contributed by atoms with van der Waals surface area (Å²) in [7, 11) is 1.35. The van der Waals surface area contributed by atoms with E-state index in [1.54, 1.807) is 0 Å². The summed E-state index contributed by atoms with van der Waals surface area (Å²) in [6.45, 7) is 2.41. The van der Waals surface area contributed by atoms with Gasteiger partial charge in [0.25, 0.3) is 5.91 Å². The van der Waals surface area contributed by atoms with E-state index in [9.17, 15) is 18.0 Å².